The molecule has 1 aromatic carbocycles. The molecule has 0 unspecified atom stereocenters. The van der Waals surface area contributed by atoms with Crippen LogP contribution in [0.2, 0.25) is 0 Å². The second-order valence-electron chi connectivity index (χ2n) is 3.85. The first-order valence-electron chi connectivity index (χ1n) is 5.46. The van der Waals surface area contributed by atoms with Crippen molar-refractivity contribution in [1.82, 2.24) is 4.83 Å². The minimum absolute atomic E-state index is 0.171. The first-order valence-corrected chi connectivity index (χ1v) is 9.34. The quantitative estimate of drug-likeness (QED) is 0.580. The first kappa shape index (κ1) is 15.7. The molecule has 1 aromatic heterocycles. The van der Waals surface area contributed by atoms with Crippen molar-refractivity contribution in [3.63, 3.8) is 0 Å². The third-order valence-electron chi connectivity index (χ3n) is 2.39. The van der Waals surface area contributed by atoms with E-state index in [1.165, 1.54) is 23.5 Å². The average Bonchev–Trinajstić information content (AvgIpc) is 2.83. The Morgan fingerprint density at radius 3 is 2.35 bits per heavy atom. The molecule has 0 atom stereocenters. The zero-order valence-corrected chi connectivity index (χ0v) is 15.1. The van der Waals surface area contributed by atoms with Gasteiger partial charge in [-0.2, -0.15) is 18.4 Å². The van der Waals surface area contributed by atoms with Gasteiger partial charge < -0.3 is 0 Å². The molecule has 0 amide bonds. The van der Waals surface area contributed by atoms with Crippen LogP contribution in [-0.4, -0.2) is 14.1 Å². The molecule has 0 radical (unpaired) electrons. The van der Waals surface area contributed by atoms with Gasteiger partial charge in [0.1, 0.15) is 0 Å². The van der Waals surface area contributed by atoms with Crippen LogP contribution in [-0.2, 0) is 10.0 Å². The summed E-state index contributed by atoms with van der Waals surface area (Å²) < 4.78 is 25.9. The van der Waals surface area contributed by atoms with Gasteiger partial charge in [-0.3, -0.25) is 0 Å². The highest BCUT2D eigenvalue weighted by atomic mass is 79.9. The molecule has 0 saturated carbocycles. The number of sulfonamides is 1. The van der Waals surface area contributed by atoms with Crippen LogP contribution in [0.1, 0.15) is 11.8 Å². The topological polar surface area (TPSA) is 58.5 Å². The van der Waals surface area contributed by atoms with Crippen molar-refractivity contribution < 1.29 is 8.42 Å². The number of benzene rings is 1. The van der Waals surface area contributed by atoms with Crippen molar-refractivity contribution in [3.8, 4) is 0 Å². The molecule has 0 fully saturated rings. The van der Waals surface area contributed by atoms with Crippen LogP contribution in [0.25, 0.3) is 0 Å². The lowest BCUT2D eigenvalue weighted by Gasteiger charge is -2.04. The van der Waals surface area contributed by atoms with E-state index in [9.17, 15) is 8.42 Å². The molecule has 0 aliphatic rings. The molecule has 2 aromatic rings. The molecule has 0 aliphatic heterocycles. The van der Waals surface area contributed by atoms with E-state index < -0.39 is 10.0 Å². The molecule has 0 aliphatic carbocycles. The van der Waals surface area contributed by atoms with Gasteiger partial charge in [0.05, 0.1) is 19.3 Å². The fourth-order valence-electron chi connectivity index (χ4n) is 1.36. The Kier molecular flexibility index (Phi) is 5.00. The van der Waals surface area contributed by atoms with Crippen molar-refractivity contribution in [2.24, 2.45) is 5.10 Å². The number of hydrazone groups is 1. The summed E-state index contributed by atoms with van der Waals surface area (Å²) in [4.78, 5) is 3.31. The lowest BCUT2D eigenvalue weighted by atomic mass is 10.3. The van der Waals surface area contributed by atoms with Gasteiger partial charge in [-0.25, -0.2) is 0 Å². The lowest BCUT2D eigenvalue weighted by Crippen LogP contribution is -2.19. The van der Waals surface area contributed by atoms with Gasteiger partial charge in [0.15, 0.2) is 0 Å². The van der Waals surface area contributed by atoms with Crippen LogP contribution in [0.5, 0.6) is 0 Å². The summed E-state index contributed by atoms with van der Waals surface area (Å²) in [7, 11) is -3.64. The number of halogens is 2. The van der Waals surface area contributed by atoms with Crippen molar-refractivity contribution in [1.29, 1.82) is 0 Å². The van der Waals surface area contributed by atoms with E-state index in [2.05, 4.69) is 41.8 Å². The SMILES string of the molecule is C/C(=N/NS(=O)(=O)c1ccc(Br)cc1)c1ccc(Br)s1. The molecule has 106 valence electrons. The van der Waals surface area contributed by atoms with Crippen LogP contribution in [0.15, 0.2) is 54.7 Å². The van der Waals surface area contributed by atoms with E-state index in [1.54, 1.807) is 19.1 Å². The normalized spacial score (nSPS) is 12.4. The Balaban J connectivity index is 2.18. The molecule has 0 spiro atoms. The average molecular weight is 438 g/mol. The van der Waals surface area contributed by atoms with Gasteiger partial charge in [0.25, 0.3) is 10.0 Å². The monoisotopic (exact) mass is 436 g/mol. The largest absolute Gasteiger partial charge is 0.276 e. The van der Waals surface area contributed by atoms with Crippen LogP contribution in [0.3, 0.4) is 0 Å². The zero-order chi connectivity index (χ0) is 14.8. The van der Waals surface area contributed by atoms with E-state index in [4.69, 9.17) is 0 Å². The molecule has 20 heavy (non-hydrogen) atoms. The third-order valence-corrected chi connectivity index (χ3v) is 5.87. The summed E-state index contributed by atoms with van der Waals surface area (Å²) in [5.74, 6) is 0. The molecule has 0 saturated heterocycles. The van der Waals surface area contributed by atoms with Crippen molar-refractivity contribution in [2.45, 2.75) is 11.8 Å². The van der Waals surface area contributed by atoms with E-state index in [1.807, 2.05) is 12.1 Å². The van der Waals surface area contributed by atoms with Gasteiger partial charge in [0.2, 0.25) is 0 Å². The Hall–Kier alpha value is -0.700. The summed E-state index contributed by atoms with van der Waals surface area (Å²) >= 11 is 8.11. The molecular weight excluding hydrogens is 428 g/mol. The molecule has 8 heteroatoms. The molecule has 0 bridgehead atoms. The number of nitrogens with one attached hydrogen (secondary N) is 1. The van der Waals surface area contributed by atoms with Gasteiger partial charge in [-0.15, -0.1) is 11.3 Å². The molecule has 1 heterocycles. The minimum Gasteiger partial charge on any atom is -0.200 e. The van der Waals surface area contributed by atoms with Gasteiger partial charge in [0, 0.05) is 4.47 Å². The lowest BCUT2D eigenvalue weighted by molar-refractivity contribution is 0.584. The number of nitrogens with zero attached hydrogens (tertiary/aromatic N) is 1. The number of hydrogen-bond donors (Lipinski definition) is 1. The maximum absolute atomic E-state index is 12.0. The highest BCUT2D eigenvalue weighted by Crippen LogP contribution is 2.22. The summed E-state index contributed by atoms with van der Waals surface area (Å²) in [5.41, 5.74) is 0.612. The summed E-state index contributed by atoms with van der Waals surface area (Å²) in [5, 5.41) is 3.93. The fourth-order valence-corrected chi connectivity index (χ4v) is 3.81. The summed E-state index contributed by atoms with van der Waals surface area (Å²) in [6.45, 7) is 1.75. The second kappa shape index (κ2) is 6.38. The van der Waals surface area contributed by atoms with Crippen LogP contribution < -0.4 is 4.83 Å². The Labute approximate surface area is 138 Å². The molecule has 4 nitrogen and oxygen atoms in total. The second-order valence-corrected chi connectivity index (χ2v) is 8.89. The number of thiophene rings is 1. The van der Waals surface area contributed by atoms with Crippen LogP contribution in [0.4, 0.5) is 0 Å². The van der Waals surface area contributed by atoms with E-state index >= 15 is 0 Å². The molecule has 2 rings (SSSR count). The summed E-state index contributed by atoms with van der Waals surface area (Å²) in [6, 6.07) is 10.1. The molecular formula is C12H10Br2N2O2S2. The van der Waals surface area contributed by atoms with Crippen LogP contribution >= 0.6 is 43.2 Å². The molecule has 1 N–H and O–H groups in total. The Morgan fingerprint density at radius 2 is 1.80 bits per heavy atom. The first-order chi connectivity index (χ1) is 9.38. The van der Waals surface area contributed by atoms with Crippen molar-refractivity contribution in [2.75, 3.05) is 0 Å². The zero-order valence-electron chi connectivity index (χ0n) is 10.3. The predicted molar refractivity (Wildman–Crippen MR) is 88.7 cm³/mol. The third kappa shape index (κ3) is 3.91. The van der Waals surface area contributed by atoms with Crippen LogP contribution in [0, 0.1) is 0 Å². The highest BCUT2D eigenvalue weighted by molar-refractivity contribution is 9.11. The van der Waals surface area contributed by atoms with Gasteiger partial charge in [-0.1, -0.05) is 15.9 Å². The van der Waals surface area contributed by atoms with Crippen molar-refractivity contribution in [3.05, 3.63) is 49.5 Å². The Bertz CT molecular complexity index is 737. The van der Waals surface area contributed by atoms with E-state index in [-0.39, 0.29) is 4.90 Å². The highest BCUT2D eigenvalue weighted by Gasteiger charge is 2.13. The Morgan fingerprint density at radius 1 is 1.15 bits per heavy atom. The maximum atomic E-state index is 12.0. The van der Waals surface area contributed by atoms with E-state index in [0.29, 0.717) is 5.71 Å². The smallest absolute Gasteiger partial charge is 0.200 e. The van der Waals surface area contributed by atoms with Crippen molar-refractivity contribution >= 4 is 58.9 Å². The minimum atomic E-state index is -3.64. The maximum Gasteiger partial charge on any atom is 0.276 e. The number of rotatable bonds is 4. The summed E-state index contributed by atoms with van der Waals surface area (Å²) in [6.07, 6.45) is 0. The predicted octanol–water partition coefficient (Wildman–Crippen LogP) is 3.98. The van der Waals surface area contributed by atoms with Gasteiger partial charge >= 0.3 is 0 Å². The van der Waals surface area contributed by atoms with E-state index in [0.717, 1.165) is 13.1 Å². The van der Waals surface area contributed by atoms with Gasteiger partial charge in [-0.05, 0) is 59.3 Å². The standard InChI is InChI=1S/C12H10Br2N2O2S2/c1-8(11-6-7-12(14)19-11)15-16-20(17,18)10-4-2-9(13)3-5-10/h2-7,16H,1H3/b15-8-. The number of hydrogen-bond acceptors (Lipinski definition) is 4. The fraction of sp³-hybridized carbons (Fsp3) is 0.0833.